The highest BCUT2D eigenvalue weighted by Gasteiger charge is 2.28. The summed E-state index contributed by atoms with van der Waals surface area (Å²) in [6, 6.07) is 0. The number of hydrogen-bond donors (Lipinski definition) is 4. The maximum atomic E-state index is 10.8. The number of nitrogens with zero attached hydrogens (tertiary/aromatic N) is 2. The van der Waals surface area contributed by atoms with Gasteiger partial charge in [0.1, 0.15) is 23.6 Å². The Morgan fingerprint density at radius 1 is 1.47 bits per heavy atom. The lowest BCUT2D eigenvalue weighted by molar-refractivity contribution is -0.125. The molecule has 1 fully saturated rings. The van der Waals surface area contributed by atoms with Gasteiger partial charge in [-0.05, 0) is 19.8 Å². The fraction of sp³-hybridized carbons (Fsp3) is 0.583. The first kappa shape index (κ1) is 13.5. The summed E-state index contributed by atoms with van der Waals surface area (Å²) >= 11 is 0. The third-order valence-electron chi connectivity index (χ3n) is 3.13. The molecule has 1 aliphatic carbocycles. The highest BCUT2D eigenvalue weighted by atomic mass is 16.3. The van der Waals surface area contributed by atoms with Crippen LogP contribution >= 0.6 is 0 Å². The molecule has 0 aliphatic heterocycles. The van der Waals surface area contributed by atoms with Crippen molar-refractivity contribution in [3.63, 3.8) is 0 Å². The molecule has 0 spiro atoms. The second-order valence-corrected chi connectivity index (χ2v) is 4.73. The van der Waals surface area contributed by atoms with Crippen molar-refractivity contribution in [2.75, 3.05) is 24.2 Å². The van der Waals surface area contributed by atoms with Crippen molar-refractivity contribution in [2.24, 2.45) is 5.73 Å². The molecule has 1 saturated carbocycles. The molecule has 1 aromatic rings. The normalized spacial score (nSPS) is 15.9. The second-order valence-electron chi connectivity index (χ2n) is 4.73. The first-order valence-corrected chi connectivity index (χ1v) is 6.30. The van der Waals surface area contributed by atoms with Crippen LogP contribution < -0.4 is 16.4 Å². The Balaban J connectivity index is 2.18. The van der Waals surface area contributed by atoms with Crippen molar-refractivity contribution < 1.29 is 9.90 Å². The van der Waals surface area contributed by atoms with Crippen molar-refractivity contribution in [1.82, 2.24) is 9.97 Å². The zero-order chi connectivity index (χ0) is 14.0. The molecule has 7 heteroatoms. The number of rotatable bonds is 6. The van der Waals surface area contributed by atoms with Crippen molar-refractivity contribution in [3.8, 4) is 0 Å². The second kappa shape index (κ2) is 5.40. The van der Waals surface area contributed by atoms with Crippen LogP contribution in [0.1, 0.15) is 30.1 Å². The number of nitrogens with two attached hydrogens (primary N) is 1. The zero-order valence-corrected chi connectivity index (χ0v) is 11.1. The number of hydrogen-bond acceptors (Lipinski definition) is 6. The Kier molecular flexibility index (Phi) is 3.84. The molecule has 19 heavy (non-hydrogen) atoms. The largest absolute Gasteiger partial charge is 0.381 e. The Bertz CT molecular complexity index is 487. The molecular formula is C12H19N5O2. The molecule has 0 aromatic carbocycles. The minimum Gasteiger partial charge on any atom is -0.381 e. The number of anilines is 2. The summed E-state index contributed by atoms with van der Waals surface area (Å²) in [6.45, 7) is 1.92. The molecule has 104 valence electrons. The number of carbonyl (C=O) groups excluding carboxylic acids is 1. The van der Waals surface area contributed by atoms with Crippen molar-refractivity contribution >= 4 is 17.5 Å². The van der Waals surface area contributed by atoms with Crippen LogP contribution in [0.5, 0.6) is 0 Å². The Morgan fingerprint density at radius 3 is 2.63 bits per heavy atom. The van der Waals surface area contributed by atoms with Gasteiger partial charge < -0.3 is 21.5 Å². The molecule has 1 aromatic heterocycles. The molecular weight excluding hydrogens is 246 g/mol. The SMILES string of the molecule is CNc1nc(C2CC2)nc(NCC(O)C(N)=O)c1C. The van der Waals surface area contributed by atoms with E-state index in [0.717, 1.165) is 30.0 Å². The Hall–Kier alpha value is -1.89. The number of nitrogens with one attached hydrogen (secondary N) is 2. The van der Waals surface area contributed by atoms with Crippen LogP contribution in [0.4, 0.5) is 11.6 Å². The van der Waals surface area contributed by atoms with Crippen LogP contribution in [-0.2, 0) is 4.79 Å². The molecule has 0 saturated heterocycles. The van der Waals surface area contributed by atoms with E-state index < -0.39 is 12.0 Å². The number of aliphatic hydroxyl groups is 1. The van der Waals surface area contributed by atoms with E-state index in [2.05, 4.69) is 20.6 Å². The van der Waals surface area contributed by atoms with Crippen LogP contribution in [0.2, 0.25) is 0 Å². The summed E-state index contributed by atoms with van der Waals surface area (Å²) in [5.41, 5.74) is 5.86. The summed E-state index contributed by atoms with van der Waals surface area (Å²) in [7, 11) is 1.80. The van der Waals surface area contributed by atoms with Gasteiger partial charge in [-0.15, -0.1) is 0 Å². The van der Waals surface area contributed by atoms with Gasteiger partial charge in [0.2, 0.25) is 5.91 Å². The molecule has 1 aliphatic rings. The van der Waals surface area contributed by atoms with E-state index in [1.165, 1.54) is 0 Å². The fourth-order valence-corrected chi connectivity index (χ4v) is 1.77. The van der Waals surface area contributed by atoms with Gasteiger partial charge in [-0.1, -0.05) is 0 Å². The monoisotopic (exact) mass is 265 g/mol. The van der Waals surface area contributed by atoms with Crippen LogP contribution in [0.3, 0.4) is 0 Å². The van der Waals surface area contributed by atoms with Crippen LogP contribution in [0, 0.1) is 6.92 Å². The minimum atomic E-state index is -1.23. The van der Waals surface area contributed by atoms with E-state index in [-0.39, 0.29) is 6.54 Å². The van der Waals surface area contributed by atoms with Gasteiger partial charge in [0.25, 0.3) is 0 Å². The van der Waals surface area contributed by atoms with Gasteiger partial charge >= 0.3 is 0 Å². The summed E-state index contributed by atoms with van der Waals surface area (Å²) in [5, 5.41) is 15.4. The average molecular weight is 265 g/mol. The van der Waals surface area contributed by atoms with E-state index in [1.807, 2.05) is 6.92 Å². The smallest absolute Gasteiger partial charge is 0.248 e. The summed E-state index contributed by atoms with van der Waals surface area (Å²) in [4.78, 5) is 19.7. The molecule has 7 nitrogen and oxygen atoms in total. The molecule has 0 radical (unpaired) electrons. The minimum absolute atomic E-state index is 0.0421. The topological polar surface area (TPSA) is 113 Å². The fourth-order valence-electron chi connectivity index (χ4n) is 1.77. The number of aromatic nitrogens is 2. The van der Waals surface area contributed by atoms with Gasteiger partial charge in [0, 0.05) is 18.5 Å². The van der Waals surface area contributed by atoms with E-state index >= 15 is 0 Å². The van der Waals surface area contributed by atoms with Crippen LogP contribution in [0.15, 0.2) is 0 Å². The summed E-state index contributed by atoms with van der Waals surface area (Å²) in [5.74, 6) is 1.85. The predicted molar refractivity (Wildman–Crippen MR) is 72.0 cm³/mol. The number of aliphatic hydroxyl groups excluding tert-OH is 1. The lowest BCUT2D eigenvalue weighted by Crippen LogP contribution is -2.34. The van der Waals surface area contributed by atoms with Crippen molar-refractivity contribution in [2.45, 2.75) is 31.8 Å². The molecule has 5 N–H and O–H groups in total. The number of primary amides is 1. The van der Waals surface area contributed by atoms with Crippen LogP contribution in [0.25, 0.3) is 0 Å². The Labute approximate surface area is 111 Å². The van der Waals surface area contributed by atoms with Crippen LogP contribution in [-0.4, -0.2) is 40.7 Å². The first-order valence-electron chi connectivity index (χ1n) is 6.30. The molecule has 1 unspecified atom stereocenters. The number of carbonyl (C=O) groups is 1. The van der Waals surface area contributed by atoms with Gasteiger partial charge in [-0.25, -0.2) is 9.97 Å². The standard InChI is InChI=1S/C12H19N5O2/c1-6-10(14-2)16-12(7-3-4-7)17-11(6)15-5-8(18)9(13)19/h7-8,18H,3-5H2,1-2H3,(H2,13,19)(H2,14,15,16,17). The van der Waals surface area contributed by atoms with Crippen molar-refractivity contribution in [1.29, 1.82) is 0 Å². The van der Waals surface area contributed by atoms with Gasteiger partial charge in [0.05, 0.1) is 6.54 Å². The van der Waals surface area contributed by atoms with Gasteiger partial charge in [0.15, 0.2) is 0 Å². The maximum Gasteiger partial charge on any atom is 0.248 e. The predicted octanol–water partition coefficient (Wildman–Crippen LogP) is -0.0378. The Morgan fingerprint density at radius 2 is 2.11 bits per heavy atom. The zero-order valence-electron chi connectivity index (χ0n) is 11.1. The highest BCUT2D eigenvalue weighted by Crippen LogP contribution is 2.39. The third-order valence-corrected chi connectivity index (χ3v) is 3.13. The number of amides is 1. The van der Waals surface area contributed by atoms with Gasteiger partial charge in [-0.2, -0.15) is 0 Å². The lowest BCUT2D eigenvalue weighted by Gasteiger charge is -2.14. The molecule has 1 atom stereocenters. The molecule has 1 heterocycles. The average Bonchev–Trinajstić information content (AvgIpc) is 3.21. The van der Waals surface area contributed by atoms with Gasteiger partial charge in [-0.3, -0.25) is 4.79 Å². The molecule has 2 rings (SSSR count). The lowest BCUT2D eigenvalue weighted by atomic mass is 10.2. The summed E-state index contributed by atoms with van der Waals surface area (Å²) < 4.78 is 0. The highest BCUT2D eigenvalue weighted by molar-refractivity contribution is 5.79. The van der Waals surface area contributed by atoms with E-state index in [9.17, 15) is 9.90 Å². The quantitative estimate of drug-likeness (QED) is 0.574. The van der Waals surface area contributed by atoms with E-state index in [4.69, 9.17) is 5.73 Å². The van der Waals surface area contributed by atoms with E-state index in [0.29, 0.717) is 11.7 Å². The first-order chi connectivity index (χ1) is 9.02. The van der Waals surface area contributed by atoms with Crippen molar-refractivity contribution in [3.05, 3.63) is 11.4 Å². The van der Waals surface area contributed by atoms with E-state index in [1.54, 1.807) is 7.05 Å². The maximum absolute atomic E-state index is 10.8. The third kappa shape index (κ3) is 3.11. The molecule has 1 amide bonds. The summed E-state index contributed by atoms with van der Waals surface area (Å²) in [6.07, 6.45) is 0.988. The molecule has 0 bridgehead atoms.